The Labute approximate surface area is 159 Å². The molecule has 1 amide bonds. The van der Waals surface area contributed by atoms with E-state index in [9.17, 15) is 9.18 Å². The summed E-state index contributed by atoms with van der Waals surface area (Å²) in [6.45, 7) is 2.80. The van der Waals surface area contributed by atoms with Crippen LogP contribution in [0.15, 0.2) is 36.4 Å². The molecule has 1 fully saturated rings. The average molecular weight is 372 g/mol. The van der Waals surface area contributed by atoms with Gasteiger partial charge in [-0.1, -0.05) is 6.07 Å². The molecular formula is C21H25FN2O3. The maximum atomic E-state index is 14.0. The van der Waals surface area contributed by atoms with E-state index in [4.69, 9.17) is 9.47 Å². The Morgan fingerprint density at radius 3 is 2.74 bits per heavy atom. The summed E-state index contributed by atoms with van der Waals surface area (Å²) in [7, 11) is 3.26. The molecule has 0 bridgehead atoms. The minimum Gasteiger partial charge on any atom is -0.497 e. The Morgan fingerprint density at radius 2 is 2.04 bits per heavy atom. The SMILES string of the molecule is COc1ccc(OC)c([C@@H]2CCCN2CC(=O)Nc2ccc(C)cc2F)c1. The molecular weight excluding hydrogens is 347 g/mol. The molecule has 1 N–H and O–H groups in total. The molecule has 1 aliphatic heterocycles. The van der Waals surface area contributed by atoms with Crippen LogP contribution >= 0.6 is 0 Å². The first-order chi connectivity index (χ1) is 13.0. The number of amides is 1. The van der Waals surface area contributed by atoms with Crippen LogP contribution in [-0.2, 0) is 4.79 Å². The normalized spacial score (nSPS) is 17.0. The number of methoxy groups -OCH3 is 2. The van der Waals surface area contributed by atoms with Gasteiger partial charge in [-0.3, -0.25) is 9.69 Å². The molecule has 3 rings (SSSR count). The van der Waals surface area contributed by atoms with Gasteiger partial charge in [-0.2, -0.15) is 0 Å². The number of nitrogens with zero attached hydrogens (tertiary/aromatic N) is 1. The zero-order valence-electron chi connectivity index (χ0n) is 15.9. The summed E-state index contributed by atoms with van der Waals surface area (Å²) in [5.74, 6) is 0.879. The molecule has 0 radical (unpaired) electrons. The number of halogens is 1. The van der Waals surface area contributed by atoms with Gasteiger partial charge in [-0.25, -0.2) is 4.39 Å². The van der Waals surface area contributed by atoms with Crippen molar-refractivity contribution in [3.8, 4) is 11.5 Å². The summed E-state index contributed by atoms with van der Waals surface area (Å²) < 4.78 is 24.8. The molecule has 1 aliphatic rings. The van der Waals surface area contributed by atoms with E-state index in [0.29, 0.717) is 0 Å². The third kappa shape index (κ3) is 4.39. The van der Waals surface area contributed by atoms with Crippen LogP contribution in [-0.4, -0.2) is 38.1 Å². The Hall–Kier alpha value is -2.60. The van der Waals surface area contributed by atoms with E-state index in [0.717, 1.165) is 42.0 Å². The number of hydrogen-bond donors (Lipinski definition) is 1. The van der Waals surface area contributed by atoms with Crippen LogP contribution in [0.5, 0.6) is 11.5 Å². The van der Waals surface area contributed by atoms with Crippen LogP contribution in [0.3, 0.4) is 0 Å². The van der Waals surface area contributed by atoms with E-state index in [-0.39, 0.29) is 24.2 Å². The van der Waals surface area contributed by atoms with Gasteiger partial charge in [0.2, 0.25) is 5.91 Å². The third-order valence-electron chi connectivity index (χ3n) is 4.90. The summed E-state index contributed by atoms with van der Waals surface area (Å²) in [6, 6.07) is 10.5. The van der Waals surface area contributed by atoms with Crippen molar-refractivity contribution in [2.45, 2.75) is 25.8 Å². The molecule has 27 heavy (non-hydrogen) atoms. The largest absolute Gasteiger partial charge is 0.497 e. The monoisotopic (exact) mass is 372 g/mol. The Bertz CT molecular complexity index is 825. The summed E-state index contributed by atoms with van der Waals surface area (Å²) >= 11 is 0. The fourth-order valence-corrected chi connectivity index (χ4v) is 3.56. The minimum absolute atomic E-state index is 0.0589. The van der Waals surface area contributed by atoms with Gasteiger partial charge in [-0.05, 0) is 62.2 Å². The zero-order chi connectivity index (χ0) is 19.4. The molecule has 6 heteroatoms. The summed E-state index contributed by atoms with van der Waals surface area (Å²) in [6.07, 6.45) is 1.91. The van der Waals surface area contributed by atoms with Gasteiger partial charge in [0.25, 0.3) is 0 Å². The highest BCUT2D eigenvalue weighted by molar-refractivity contribution is 5.92. The molecule has 2 aromatic rings. The topological polar surface area (TPSA) is 50.8 Å². The molecule has 0 unspecified atom stereocenters. The number of aryl methyl sites for hydroxylation is 1. The molecule has 5 nitrogen and oxygen atoms in total. The van der Waals surface area contributed by atoms with E-state index in [1.54, 1.807) is 26.4 Å². The number of anilines is 1. The summed E-state index contributed by atoms with van der Waals surface area (Å²) in [4.78, 5) is 14.6. The van der Waals surface area contributed by atoms with Crippen LogP contribution < -0.4 is 14.8 Å². The Kier molecular flexibility index (Phi) is 5.96. The van der Waals surface area contributed by atoms with Crippen LogP contribution in [0.2, 0.25) is 0 Å². The predicted molar refractivity (Wildman–Crippen MR) is 103 cm³/mol. The van der Waals surface area contributed by atoms with Crippen LogP contribution in [0, 0.1) is 12.7 Å². The number of hydrogen-bond acceptors (Lipinski definition) is 4. The number of nitrogens with one attached hydrogen (secondary N) is 1. The lowest BCUT2D eigenvalue weighted by atomic mass is 10.0. The molecule has 1 saturated heterocycles. The van der Waals surface area contributed by atoms with Crippen molar-refractivity contribution >= 4 is 11.6 Å². The quantitative estimate of drug-likeness (QED) is 0.835. The molecule has 1 atom stereocenters. The molecule has 0 aromatic heterocycles. The van der Waals surface area contributed by atoms with Crippen molar-refractivity contribution in [1.82, 2.24) is 4.90 Å². The fraction of sp³-hybridized carbons (Fsp3) is 0.381. The lowest BCUT2D eigenvalue weighted by molar-refractivity contribution is -0.117. The number of benzene rings is 2. The molecule has 0 spiro atoms. The van der Waals surface area contributed by atoms with Gasteiger partial charge in [0.1, 0.15) is 17.3 Å². The van der Waals surface area contributed by atoms with Crippen molar-refractivity contribution in [1.29, 1.82) is 0 Å². The Balaban J connectivity index is 1.74. The second kappa shape index (κ2) is 8.39. The molecule has 2 aromatic carbocycles. The van der Waals surface area contributed by atoms with E-state index in [2.05, 4.69) is 10.2 Å². The Morgan fingerprint density at radius 1 is 1.22 bits per heavy atom. The second-order valence-corrected chi connectivity index (χ2v) is 6.77. The standard InChI is InChI=1S/C21H25FN2O3/c1-14-6-8-18(17(22)11-14)23-21(25)13-24-10-4-5-19(24)16-12-15(26-2)7-9-20(16)27-3/h6-9,11-12,19H,4-5,10,13H2,1-3H3,(H,23,25)/t19-/m0/s1. The number of rotatable bonds is 6. The highest BCUT2D eigenvalue weighted by atomic mass is 19.1. The maximum Gasteiger partial charge on any atom is 0.238 e. The predicted octanol–water partition coefficient (Wildman–Crippen LogP) is 3.93. The second-order valence-electron chi connectivity index (χ2n) is 6.77. The first-order valence-corrected chi connectivity index (χ1v) is 9.04. The number of ether oxygens (including phenoxy) is 2. The first-order valence-electron chi connectivity index (χ1n) is 9.04. The van der Waals surface area contributed by atoms with Crippen LogP contribution in [0.4, 0.5) is 10.1 Å². The lowest BCUT2D eigenvalue weighted by Gasteiger charge is -2.26. The van der Waals surface area contributed by atoms with Gasteiger partial charge >= 0.3 is 0 Å². The molecule has 1 heterocycles. The zero-order valence-corrected chi connectivity index (χ0v) is 15.9. The molecule has 144 valence electrons. The molecule has 0 saturated carbocycles. The minimum atomic E-state index is -0.421. The van der Waals surface area contributed by atoms with Crippen LogP contribution in [0.25, 0.3) is 0 Å². The van der Waals surface area contributed by atoms with Crippen molar-refractivity contribution in [2.75, 3.05) is 32.6 Å². The van der Waals surface area contributed by atoms with Crippen molar-refractivity contribution in [3.63, 3.8) is 0 Å². The van der Waals surface area contributed by atoms with E-state index >= 15 is 0 Å². The van der Waals surface area contributed by atoms with Crippen molar-refractivity contribution < 1.29 is 18.7 Å². The lowest BCUT2D eigenvalue weighted by Crippen LogP contribution is -2.33. The smallest absolute Gasteiger partial charge is 0.238 e. The first kappa shape index (κ1) is 19.2. The van der Waals surface area contributed by atoms with Gasteiger partial charge in [0.15, 0.2) is 0 Å². The number of likely N-dealkylation sites (tertiary alicyclic amines) is 1. The van der Waals surface area contributed by atoms with E-state index in [1.165, 1.54) is 6.07 Å². The summed E-state index contributed by atoms with van der Waals surface area (Å²) in [5, 5.41) is 2.68. The van der Waals surface area contributed by atoms with E-state index in [1.807, 2.05) is 25.1 Å². The highest BCUT2D eigenvalue weighted by Gasteiger charge is 2.30. The van der Waals surface area contributed by atoms with Crippen LogP contribution in [0.1, 0.15) is 30.0 Å². The van der Waals surface area contributed by atoms with Crippen molar-refractivity contribution in [3.05, 3.63) is 53.3 Å². The maximum absolute atomic E-state index is 14.0. The van der Waals surface area contributed by atoms with Gasteiger partial charge in [-0.15, -0.1) is 0 Å². The number of carbonyl (C=O) groups excluding carboxylic acids is 1. The third-order valence-corrected chi connectivity index (χ3v) is 4.90. The van der Waals surface area contributed by atoms with Crippen molar-refractivity contribution in [2.24, 2.45) is 0 Å². The molecule has 0 aliphatic carbocycles. The van der Waals surface area contributed by atoms with Gasteiger partial charge < -0.3 is 14.8 Å². The number of carbonyl (C=O) groups is 1. The summed E-state index contributed by atoms with van der Waals surface area (Å²) in [5.41, 5.74) is 2.03. The fourth-order valence-electron chi connectivity index (χ4n) is 3.56. The van der Waals surface area contributed by atoms with Gasteiger partial charge in [0, 0.05) is 11.6 Å². The van der Waals surface area contributed by atoms with E-state index < -0.39 is 5.82 Å². The average Bonchev–Trinajstić information content (AvgIpc) is 3.11. The highest BCUT2D eigenvalue weighted by Crippen LogP contribution is 2.38. The van der Waals surface area contributed by atoms with Gasteiger partial charge in [0.05, 0.1) is 26.5 Å².